The van der Waals surface area contributed by atoms with Crippen LogP contribution in [0.15, 0.2) is 87.5 Å². The van der Waals surface area contributed by atoms with Crippen LogP contribution in [0.3, 0.4) is 0 Å². The predicted octanol–water partition coefficient (Wildman–Crippen LogP) is 16.0. The molecule has 28 heteroatoms. The van der Waals surface area contributed by atoms with Gasteiger partial charge in [-0.05, 0) is 57.2 Å². The van der Waals surface area contributed by atoms with Crippen molar-refractivity contribution in [3.05, 3.63) is 183 Å². The van der Waals surface area contributed by atoms with Crippen LogP contribution in [-0.2, 0) is 25.1 Å². The monoisotopic (exact) mass is 1330 g/mol. The molecule has 0 fully saturated rings. The average molecular weight is 1340 g/mol. The molecule has 0 amide bonds. The van der Waals surface area contributed by atoms with E-state index in [1.807, 2.05) is 75.4 Å². The normalized spacial score (nSPS) is 11.6. The van der Waals surface area contributed by atoms with Crippen molar-refractivity contribution in [2.75, 3.05) is 59.5 Å². The van der Waals surface area contributed by atoms with Crippen molar-refractivity contribution in [2.24, 2.45) is 0 Å². The van der Waals surface area contributed by atoms with E-state index in [0.717, 1.165) is 31.9 Å². The van der Waals surface area contributed by atoms with Crippen molar-refractivity contribution >= 4 is 132 Å². The fourth-order valence-corrected chi connectivity index (χ4v) is 12.9. The van der Waals surface area contributed by atoms with Crippen LogP contribution in [0, 0.1) is 69.8 Å². The minimum absolute atomic E-state index is 0.473. The van der Waals surface area contributed by atoms with E-state index in [4.69, 9.17) is 121 Å². The molecule has 0 aliphatic rings. The van der Waals surface area contributed by atoms with Crippen molar-refractivity contribution < 1.29 is 81.1 Å². The highest BCUT2D eigenvalue weighted by atomic mass is 35.5. The maximum Gasteiger partial charge on any atom is 0.208 e. The van der Waals surface area contributed by atoms with E-state index >= 15 is 35.1 Å². The summed E-state index contributed by atoms with van der Waals surface area (Å²) in [5.74, 6) is -28.8. The van der Waals surface area contributed by atoms with Gasteiger partial charge in [-0.1, -0.05) is 129 Å². The summed E-state index contributed by atoms with van der Waals surface area (Å²) in [6, 6.07) is 24.5. The summed E-state index contributed by atoms with van der Waals surface area (Å²) in [4.78, 5) is 3.17. The second kappa shape index (κ2) is 29.7. The first-order valence-corrected chi connectivity index (χ1v) is 28.1. The minimum atomic E-state index is -5.62. The first kappa shape index (κ1) is 66.8. The van der Waals surface area contributed by atoms with Gasteiger partial charge in [0.05, 0.1) is 39.9 Å². The first-order chi connectivity index (χ1) is 39.0. The van der Waals surface area contributed by atoms with E-state index in [0.29, 0.717) is 59.5 Å². The summed E-state index contributed by atoms with van der Waals surface area (Å²) in [6.45, 7) is 11.0. The molecule has 7 aromatic carbocycles. The summed E-state index contributed by atoms with van der Waals surface area (Å²) in [5.41, 5.74) is -8.47. The van der Waals surface area contributed by atoms with Crippen molar-refractivity contribution in [1.29, 1.82) is 0 Å². The maximum absolute atomic E-state index is 16.0. The van der Waals surface area contributed by atoms with Gasteiger partial charge in [0.15, 0.2) is 63.8 Å². The second-order valence-electron chi connectivity index (χ2n) is 16.6. The Bertz CT molecular complexity index is 2950. The van der Waals surface area contributed by atoms with Crippen LogP contribution in [0.2, 0.25) is 40.2 Å². The van der Waals surface area contributed by atoms with Crippen molar-refractivity contribution in [2.45, 2.75) is 35.5 Å². The average Bonchev–Trinajstić information content (AvgIpc) is 1.30. The van der Waals surface area contributed by atoms with Gasteiger partial charge in [0.2, 0.25) is 14.7 Å². The lowest BCUT2D eigenvalue weighted by molar-refractivity contribution is 0.108. The number of ether oxygens (including phenoxy) is 6. The smallest absolute Gasteiger partial charge is 0.208 e. The number of rotatable bonds is 22. The molecule has 7 aromatic rings. The lowest BCUT2D eigenvalue weighted by Crippen LogP contribution is -2.79. The molecule has 7 rings (SSSR count). The molecular formula is C54H39BCl8F12O6S. The third-order valence-corrected chi connectivity index (χ3v) is 17.7. The molecule has 0 bridgehead atoms. The lowest BCUT2D eigenvalue weighted by Gasteiger charge is -2.46. The van der Waals surface area contributed by atoms with Gasteiger partial charge in [-0.15, -0.1) is 21.9 Å². The number of hydrogen-bond donors (Lipinski definition) is 0. The summed E-state index contributed by atoms with van der Waals surface area (Å²) in [5, 5.41) is -13.9. The molecule has 0 aliphatic carbocycles. The Morgan fingerprint density at radius 1 is 0.305 bits per heavy atom. The highest BCUT2D eigenvalue weighted by Gasteiger charge is 2.50. The van der Waals surface area contributed by atoms with Gasteiger partial charge in [0, 0.05) is 39.9 Å². The SMILES string of the molecule is CCOCCOc1ccccc1[S+](c1ccccc1OCCOCC)c1ccccc1OCCOCC.Fc1c(F)c(Cl)c(Cl)c([B-](c2c(F)c(F)c(F)c(Cl)c2Cl)(c2c(F)c(F)c(F)c(Cl)c2Cl)c2c(F)c(F)c(F)c(Cl)c2Cl)c1F. The quantitative estimate of drug-likeness (QED) is 0.0168. The van der Waals surface area contributed by atoms with Crippen molar-refractivity contribution in [1.82, 2.24) is 0 Å². The molecule has 440 valence electrons. The molecule has 82 heavy (non-hydrogen) atoms. The second-order valence-corrected chi connectivity index (χ2v) is 21.5. The molecule has 0 radical (unpaired) electrons. The van der Waals surface area contributed by atoms with Gasteiger partial charge < -0.3 is 28.4 Å². The minimum Gasteiger partial charge on any atom is -0.486 e. The molecule has 0 aromatic heterocycles. The Morgan fingerprint density at radius 3 is 0.744 bits per heavy atom. The molecule has 0 atom stereocenters. The number of hydrogen-bond acceptors (Lipinski definition) is 6. The summed E-state index contributed by atoms with van der Waals surface area (Å²) >= 11 is 46.6. The first-order valence-electron chi connectivity index (χ1n) is 23.9. The maximum atomic E-state index is 16.0. The van der Waals surface area contributed by atoms with Gasteiger partial charge in [-0.3, -0.25) is 0 Å². The van der Waals surface area contributed by atoms with Gasteiger partial charge in [-0.25, -0.2) is 52.7 Å². The number of para-hydroxylation sites is 3. The molecule has 0 heterocycles. The van der Waals surface area contributed by atoms with E-state index in [-0.39, 0.29) is 0 Å². The fraction of sp³-hybridized carbons (Fsp3) is 0.222. The van der Waals surface area contributed by atoms with Crippen LogP contribution >= 0.6 is 92.8 Å². The van der Waals surface area contributed by atoms with Crippen LogP contribution in [0.25, 0.3) is 0 Å². The van der Waals surface area contributed by atoms with Gasteiger partial charge in [0.25, 0.3) is 0 Å². The Labute approximate surface area is 504 Å². The zero-order valence-electron chi connectivity index (χ0n) is 42.3. The molecule has 0 spiro atoms. The summed E-state index contributed by atoms with van der Waals surface area (Å²) < 4.78 is 218. The van der Waals surface area contributed by atoms with Crippen LogP contribution in [0.4, 0.5) is 52.7 Å². The van der Waals surface area contributed by atoms with E-state index in [2.05, 4.69) is 18.2 Å². The Balaban J connectivity index is 0.000000269. The van der Waals surface area contributed by atoms with Crippen LogP contribution in [0.1, 0.15) is 20.8 Å². The topological polar surface area (TPSA) is 55.4 Å². The van der Waals surface area contributed by atoms with Crippen molar-refractivity contribution in [3.63, 3.8) is 0 Å². The molecule has 6 nitrogen and oxygen atoms in total. The van der Waals surface area contributed by atoms with Gasteiger partial charge in [0.1, 0.15) is 60.1 Å². The Kier molecular flexibility index (Phi) is 24.2. The van der Waals surface area contributed by atoms with Gasteiger partial charge in [-0.2, -0.15) is 0 Å². The number of benzene rings is 7. The third kappa shape index (κ3) is 13.2. The van der Waals surface area contributed by atoms with Gasteiger partial charge >= 0.3 is 0 Å². The fourth-order valence-electron chi connectivity index (χ4n) is 8.51. The summed E-state index contributed by atoms with van der Waals surface area (Å²) in [6.07, 6.45) is -5.62. The molecule has 0 saturated carbocycles. The largest absolute Gasteiger partial charge is 0.486 e. The Hall–Kier alpha value is -4.29. The Morgan fingerprint density at radius 2 is 0.524 bits per heavy atom. The molecule has 0 saturated heterocycles. The van der Waals surface area contributed by atoms with E-state index in [1.165, 1.54) is 0 Å². The lowest BCUT2D eigenvalue weighted by atomic mass is 9.12. The summed E-state index contributed by atoms with van der Waals surface area (Å²) in [7, 11) is -0.568. The van der Waals surface area contributed by atoms with E-state index in [9.17, 15) is 17.6 Å². The molecule has 0 aliphatic heterocycles. The van der Waals surface area contributed by atoms with Crippen LogP contribution < -0.4 is 36.1 Å². The number of halogens is 20. The van der Waals surface area contributed by atoms with E-state index in [1.54, 1.807) is 0 Å². The third-order valence-electron chi connectivity index (χ3n) is 12.0. The van der Waals surface area contributed by atoms with Crippen LogP contribution in [-0.4, -0.2) is 65.6 Å². The van der Waals surface area contributed by atoms with Crippen molar-refractivity contribution in [3.8, 4) is 17.2 Å². The zero-order valence-corrected chi connectivity index (χ0v) is 49.2. The highest BCUT2D eigenvalue weighted by Crippen LogP contribution is 2.45. The zero-order chi connectivity index (χ0) is 60.5. The predicted molar refractivity (Wildman–Crippen MR) is 297 cm³/mol. The molecular weight excluding hydrogens is 1300 g/mol. The highest BCUT2D eigenvalue weighted by molar-refractivity contribution is 7.97. The van der Waals surface area contributed by atoms with Crippen LogP contribution in [0.5, 0.6) is 17.2 Å². The standard InChI is InChI=1S/C30H39O6S.C24BCl8F12/c1-4-31-19-22-34-25-13-7-10-16-28(25)37(29-17-11-8-14-26(29)35-23-20-32-5-2)30-18-12-9-15-27(30)36-24-21-33-6-3;26-5-1(13(34)21(42)17(38)9(5)30)25(2-6(27)10(31)18(39)22(43)14(2)35,3-7(28)11(32)19(40)23(44)15(3)36)4-8(29)12(33)20(41)24(45)16(4)37/h7-18H,4-6,19-24H2,1-3H3;/q+1;-1. The molecule has 0 unspecified atom stereocenters. The van der Waals surface area contributed by atoms with E-state index < -0.39 is 149 Å². The molecule has 0 N–H and O–H groups in total.